The standard InChI is InChI=1S/C13H22N2O5/c1-13(2)7-3-4-9(13)15-12(20)14-8(11(18)19)5-6-10(16)17/h8-9H,3-7H2,1-2H3,(H,16,17)(H,18,19)(H2,14,15,20)/t8-,9?/m0/s1. The van der Waals surface area contributed by atoms with Crippen molar-refractivity contribution in [1.82, 2.24) is 10.6 Å². The minimum Gasteiger partial charge on any atom is -0.481 e. The Kier molecular flexibility index (Phi) is 5.35. The summed E-state index contributed by atoms with van der Waals surface area (Å²) >= 11 is 0. The van der Waals surface area contributed by atoms with E-state index in [1.165, 1.54) is 0 Å². The van der Waals surface area contributed by atoms with Crippen LogP contribution in [0, 0.1) is 5.41 Å². The van der Waals surface area contributed by atoms with Crippen molar-refractivity contribution < 1.29 is 24.6 Å². The Morgan fingerprint density at radius 3 is 2.40 bits per heavy atom. The highest BCUT2D eigenvalue weighted by atomic mass is 16.4. The van der Waals surface area contributed by atoms with Gasteiger partial charge in [0.05, 0.1) is 0 Å². The minimum atomic E-state index is -1.23. The van der Waals surface area contributed by atoms with Crippen molar-refractivity contribution in [2.45, 2.75) is 58.0 Å². The van der Waals surface area contributed by atoms with Gasteiger partial charge in [0.1, 0.15) is 6.04 Å². The highest BCUT2D eigenvalue weighted by molar-refractivity contribution is 5.83. The molecule has 1 unspecified atom stereocenters. The van der Waals surface area contributed by atoms with Crippen LogP contribution in [0.5, 0.6) is 0 Å². The highest BCUT2D eigenvalue weighted by Crippen LogP contribution is 2.37. The van der Waals surface area contributed by atoms with Crippen LogP contribution in [0.2, 0.25) is 0 Å². The molecule has 2 amide bonds. The molecule has 0 spiro atoms. The second kappa shape index (κ2) is 6.58. The predicted molar refractivity (Wildman–Crippen MR) is 71.4 cm³/mol. The number of carboxylic acid groups (broad SMARTS) is 2. The largest absolute Gasteiger partial charge is 0.481 e. The topological polar surface area (TPSA) is 116 Å². The molecule has 1 aliphatic carbocycles. The lowest BCUT2D eigenvalue weighted by Gasteiger charge is -2.28. The molecular formula is C13H22N2O5. The Morgan fingerprint density at radius 1 is 1.30 bits per heavy atom. The first-order valence-electron chi connectivity index (χ1n) is 6.74. The van der Waals surface area contributed by atoms with Crippen LogP contribution in [0.15, 0.2) is 0 Å². The normalized spacial score (nSPS) is 22.0. The van der Waals surface area contributed by atoms with Gasteiger partial charge < -0.3 is 20.8 Å². The van der Waals surface area contributed by atoms with Crippen molar-refractivity contribution in [2.24, 2.45) is 5.41 Å². The number of carbonyl (C=O) groups excluding carboxylic acids is 1. The summed E-state index contributed by atoms with van der Waals surface area (Å²) in [5.74, 6) is -2.32. The first-order valence-corrected chi connectivity index (χ1v) is 6.74. The summed E-state index contributed by atoms with van der Waals surface area (Å²) in [5, 5.41) is 22.6. The van der Waals surface area contributed by atoms with Crippen LogP contribution in [-0.4, -0.2) is 40.3 Å². The zero-order chi connectivity index (χ0) is 15.3. The molecule has 4 N–H and O–H groups in total. The van der Waals surface area contributed by atoms with Gasteiger partial charge in [-0.3, -0.25) is 4.79 Å². The van der Waals surface area contributed by atoms with Crippen molar-refractivity contribution in [3.05, 3.63) is 0 Å². The van der Waals surface area contributed by atoms with Gasteiger partial charge >= 0.3 is 18.0 Å². The number of carboxylic acids is 2. The molecular weight excluding hydrogens is 264 g/mol. The molecule has 1 fully saturated rings. The zero-order valence-electron chi connectivity index (χ0n) is 11.8. The van der Waals surface area contributed by atoms with E-state index in [9.17, 15) is 14.4 Å². The maximum absolute atomic E-state index is 11.8. The Morgan fingerprint density at radius 2 is 1.95 bits per heavy atom. The number of urea groups is 1. The molecule has 0 heterocycles. The fraction of sp³-hybridized carbons (Fsp3) is 0.769. The van der Waals surface area contributed by atoms with E-state index >= 15 is 0 Å². The molecule has 1 aliphatic rings. The van der Waals surface area contributed by atoms with Crippen molar-refractivity contribution >= 4 is 18.0 Å². The maximum Gasteiger partial charge on any atom is 0.326 e. The summed E-state index contributed by atoms with van der Waals surface area (Å²) in [4.78, 5) is 33.2. The second-order valence-electron chi connectivity index (χ2n) is 5.87. The van der Waals surface area contributed by atoms with Gasteiger partial charge in [0.25, 0.3) is 0 Å². The molecule has 7 nitrogen and oxygen atoms in total. The molecule has 2 atom stereocenters. The number of amides is 2. The van der Waals surface area contributed by atoms with Crippen LogP contribution >= 0.6 is 0 Å². The zero-order valence-corrected chi connectivity index (χ0v) is 11.8. The lowest BCUT2D eigenvalue weighted by molar-refractivity contribution is -0.140. The van der Waals surface area contributed by atoms with Crippen LogP contribution in [0.3, 0.4) is 0 Å². The smallest absolute Gasteiger partial charge is 0.326 e. The fourth-order valence-electron chi connectivity index (χ4n) is 2.48. The molecule has 0 aliphatic heterocycles. The van der Waals surface area contributed by atoms with Gasteiger partial charge in [-0.1, -0.05) is 20.3 Å². The van der Waals surface area contributed by atoms with E-state index in [1.54, 1.807) is 0 Å². The molecule has 0 aromatic rings. The van der Waals surface area contributed by atoms with Gasteiger partial charge in [-0.2, -0.15) is 0 Å². The average molecular weight is 286 g/mol. The van der Waals surface area contributed by atoms with Gasteiger partial charge in [-0.15, -0.1) is 0 Å². The van der Waals surface area contributed by atoms with Crippen molar-refractivity contribution in [3.8, 4) is 0 Å². The van der Waals surface area contributed by atoms with Gasteiger partial charge in [-0.05, 0) is 24.7 Å². The number of hydrogen-bond acceptors (Lipinski definition) is 3. The molecule has 0 bridgehead atoms. The molecule has 114 valence electrons. The van der Waals surface area contributed by atoms with Crippen LogP contribution in [-0.2, 0) is 9.59 Å². The van der Waals surface area contributed by atoms with Gasteiger partial charge in [0.15, 0.2) is 0 Å². The number of rotatable bonds is 6. The Hall–Kier alpha value is -1.79. The summed E-state index contributed by atoms with van der Waals surface area (Å²) in [7, 11) is 0. The summed E-state index contributed by atoms with van der Waals surface area (Å²) in [6.07, 6.45) is 2.48. The van der Waals surface area contributed by atoms with E-state index < -0.39 is 24.0 Å². The average Bonchev–Trinajstić information content (AvgIpc) is 2.63. The molecule has 7 heteroatoms. The van der Waals surface area contributed by atoms with Crippen LogP contribution in [0.25, 0.3) is 0 Å². The van der Waals surface area contributed by atoms with Gasteiger partial charge in [0.2, 0.25) is 0 Å². The fourth-order valence-corrected chi connectivity index (χ4v) is 2.48. The molecule has 0 saturated heterocycles. The Bertz CT molecular complexity index is 394. The summed E-state index contributed by atoms with van der Waals surface area (Å²) in [6, 6.07) is -1.73. The van der Waals surface area contributed by atoms with Crippen molar-refractivity contribution in [1.29, 1.82) is 0 Å². The number of carbonyl (C=O) groups is 3. The van der Waals surface area contributed by atoms with E-state index in [4.69, 9.17) is 10.2 Å². The third kappa shape index (κ3) is 4.71. The first kappa shape index (κ1) is 16.3. The molecule has 1 saturated carbocycles. The second-order valence-corrected chi connectivity index (χ2v) is 5.87. The van der Waals surface area contributed by atoms with Crippen LogP contribution in [0.1, 0.15) is 46.0 Å². The Labute approximate surface area is 117 Å². The van der Waals surface area contributed by atoms with E-state index in [0.29, 0.717) is 0 Å². The summed E-state index contributed by atoms with van der Waals surface area (Å²) in [5.41, 5.74) is -0.00285. The van der Waals surface area contributed by atoms with E-state index in [2.05, 4.69) is 24.5 Å². The molecule has 1 rings (SSSR count). The lowest BCUT2D eigenvalue weighted by Crippen LogP contribution is -2.51. The van der Waals surface area contributed by atoms with Crippen LogP contribution < -0.4 is 10.6 Å². The quantitative estimate of drug-likeness (QED) is 0.585. The first-order chi connectivity index (χ1) is 9.22. The van der Waals surface area contributed by atoms with E-state index in [-0.39, 0.29) is 24.3 Å². The van der Waals surface area contributed by atoms with Crippen LogP contribution in [0.4, 0.5) is 4.79 Å². The summed E-state index contributed by atoms with van der Waals surface area (Å²) in [6.45, 7) is 4.12. The van der Waals surface area contributed by atoms with Gasteiger partial charge in [0, 0.05) is 12.5 Å². The van der Waals surface area contributed by atoms with Crippen molar-refractivity contribution in [3.63, 3.8) is 0 Å². The minimum absolute atomic E-state index is 0.00285. The highest BCUT2D eigenvalue weighted by Gasteiger charge is 2.35. The maximum atomic E-state index is 11.8. The third-order valence-electron chi connectivity index (χ3n) is 3.81. The summed E-state index contributed by atoms with van der Waals surface area (Å²) < 4.78 is 0. The third-order valence-corrected chi connectivity index (χ3v) is 3.81. The SMILES string of the molecule is CC1(C)CCCC1NC(=O)N[C@@H](CCC(=O)O)C(=O)O. The van der Waals surface area contributed by atoms with Crippen molar-refractivity contribution in [2.75, 3.05) is 0 Å². The molecule has 0 aromatic heterocycles. The number of hydrogen-bond donors (Lipinski definition) is 4. The molecule has 0 aromatic carbocycles. The van der Waals surface area contributed by atoms with Gasteiger partial charge in [-0.25, -0.2) is 9.59 Å². The van der Waals surface area contributed by atoms with E-state index in [1.807, 2.05) is 0 Å². The molecule has 20 heavy (non-hydrogen) atoms. The predicted octanol–water partition coefficient (Wildman–Crippen LogP) is 1.18. The number of aliphatic carboxylic acids is 2. The van der Waals surface area contributed by atoms with E-state index in [0.717, 1.165) is 19.3 Å². The molecule has 0 radical (unpaired) electrons. The Balaban J connectivity index is 2.49. The number of nitrogens with one attached hydrogen (secondary N) is 2. The monoisotopic (exact) mass is 286 g/mol. The lowest BCUT2D eigenvalue weighted by atomic mass is 9.87.